The van der Waals surface area contributed by atoms with Crippen molar-refractivity contribution in [1.29, 1.82) is 0 Å². The van der Waals surface area contributed by atoms with Crippen LogP contribution in [0.25, 0.3) is 10.6 Å². The van der Waals surface area contributed by atoms with Crippen LogP contribution in [0.3, 0.4) is 0 Å². The molecule has 0 fully saturated rings. The zero-order valence-electron chi connectivity index (χ0n) is 8.87. The van der Waals surface area contributed by atoms with Gasteiger partial charge in [-0.05, 0) is 31.5 Å². The van der Waals surface area contributed by atoms with Crippen molar-refractivity contribution in [2.45, 2.75) is 19.2 Å². The van der Waals surface area contributed by atoms with Gasteiger partial charge in [0.15, 0.2) is 0 Å². The molecule has 0 radical (unpaired) electrons. The molecule has 0 aliphatic heterocycles. The molecule has 0 saturated carbocycles. The fourth-order valence-corrected chi connectivity index (χ4v) is 2.53. The predicted octanol–water partition coefficient (Wildman–Crippen LogP) is 4.47. The molecule has 1 heterocycles. The maximum Gasteiger partial charge on any atom is 0.148 e. The van der Waals surface area contributed by atoms with Crippen molar-refractivity contribution < 1.29 is 0 Å². The molecule has 2 nitrogen and oxygen atoms in total. The Bertz CT molecular complexity index is 508. The summed E-state index contributed by atoms with van der Waals surface area (Å²) in [5.41, 5.74) is 2.16. The first-order chi connectivity index (χ1) is 7.58. The first-order valence-corrected chi connectivity index (χ1v) is 6.45. The Balaban J connectivity index is 2.46. The van der Waals surface area contributed by atoms with Crippen LogP contribution in [0, 0.1) is 6.92 Å². The molecule has 2 aromatic rings. The Morgan fingerprint density at radius 1 is 1.31 bits per heavy atom. The lowest BCUT2D eigenvalue weighted by molar-refractivity contribution is 0.962. The highest BCUT2D eigenvalue weighted by Crippen LogP contribution is 2.32. The highest BCUT2D eigenvalue weighted by molar-refractivity contribution is 7.15. The minimum atomic E-state index is -0.106. The topological polar surface area (TPSA) is 25.8 Å². The summed E-state index contributed by atoms with van der Waals surface area (Å²) in [6.07, 6.45) is 0. The average Bonchev–Trinajstić information content (AvgIpc) is 2.70. The summed E-state index contributed by atoms with van der Waals surface area (Å²) in [4.78, 5) is 0. The van der Waals surface area contributed by atoms with E-state index in [4.69, 9.17) is 23.2 Å². The van der Waals surface area contributed by atoms with Gasteiger partial charge in [0.25, 0.3) is 0 Å². The van der Waals surface area contributed by atoms with Gasteiger partial charge in [-0.2, -0.15) is 0 Å². The van der Waals surface area contributed by atoms with Gasteiger partial charge in [0.2, 0.25) is 0 Å². The van der Waals surface area contributed by atoms with Gasteiger partial charge in [-0.25, -0.2) is 0 Å². The largest absolute Gasteiger partial charge is 0.148 e. The van der Waals surface area contributed by atoms with Crippen molar-refractivity contribution in [3.05, 3.63) is 33.8 Å². The summed E-state index contributed by atoms with van der Waals surface area (Å²) in [5, 5.41) is 10.5. The second kappa shape index (κ2) is 4.70. The highest BCUT2D eigenvalue weighted by atomic mass is 35.5. The third-order valence-corrected chi connectivity index (χ3v) is 3.92. The average molecular weight is 273 g/mol. The number of hydrogen-bond acceptors (Lipinski definition) is 3. The molecule has 0 N–H and O–H groups in total. The molecule has 1 unspecified atom stereocenters. The van der Waals surface area contributed by atoms with E-state index in [9.17, 15) is 0 Å². The molecule has 0 aliphatic carbocycles. The lowest BCUT2D eigenvalue weighted by Crippen LogP contribution is -1.82. The number of rotatable bonds is 2. The van der Waals surface area contributed by atoms with Crippen LogP contribution < -0.4 is 0 Å². The van der Waals surface area contributed by atoms with Crippen LogP contribution in [0.4, 0.5) is 0 Å². The quantitative estimate of drug-likeness (QED) is 0.754. The van der Waals surface area contributed by atoms with Gasteiger partial charge in [-0.3, -0.25) is 0 Å². The minimum Gasteiger partial charge on any atom is -0.142 e. The molecule has 2 rings (SSSR count). The maximum atomic E-state index is 5.97. The van der Waals surface area contributed by atoms with Crippen molar-refractivity contribution in [2.75, 3.05) is 0 Å². The standard InChI is InChI=1S/C11H10Cl2N2S/c1-6-3-4-8(13)5-9(6)11-15-14-10(16-11)7(2)12/h3-5,7H,1-2H3. The van der Waals surface area contributed by atoms with E-state index in [1.807, 2.05) is 32.0 Å². The number of benzene rings is 1. The molecular formula is C11H10Cl2N2S. The normalized spacial score (nSPS) is 12.8. The van der Waals surface area contributed by atoms with E-state index in [0.29, 0.717) is 5.02 Å². The Hall–Kier alpha value is -0.640. The molecule has 1 atom stereocenters. The van der Waals surface area contributed by atoms with Gasteiger partial charge in [-0.1, -0.05) is 29.0 Å². The van der Waals surface area contributed by atoms with Crippen LogP contribution in [0.2, 0.25) is 5.02 Å². The Labute approximate surface area is 108 Å². The second-order valence-electron chi connectivity index (χ2n) is 3.52. The third-order valence-electron chi connectivity index (χ3n) is 2.21. The summed E-state index contributed by atoms with van der Waals surface area (Å²) in [5.74, 6) is 0. The SMILES string of the molecule is Cc1ccc(Cl)cc1-c1nnc(C(C)Cl)s1. The van der Waals surface area contributed by atoms with Crippen molar-refractivity contribution in [1.82, 2.24) is 10.2 Å². The zero-order chi connectivity index (χ0) is 11.7. The number of halogens is 2. The molecule has 5 heteroatoms. The molecule has 1 aromatic heterocycles. The van der Waals surface area contributed by atoms with Crippen LogP contribution >= 0.6 is 34.5 Å². The summed E-state index contributed by atoms with van der Waals surface area (Å²) in [6, 6.07) is 5.75. The van der Waals surface area contributed by atoms with E-state index < -0.39 is 0 Å². The van der Waals surface area contributed by atoms with Crippen molar-refractivity contribution in [3.63, 3.8) is 0 Å². The van der Waals surface area contributed by atoms with E-state index in [1.54, 1.807) is 0 Å². The molecular weight excluding hydrogens is 263 g/mol. The minimum absolute atomic E-state index is 0.106. The number of hydrogen-bond donors (Lipinski definition) is 0. The number of alkyl halides is 1. The predicted molar refractivity (Wildman–Crippen MR) is 69.4 cm³/mol. The first-order valence-electron chi connectivity index (χ1n) is 4.82. The Morgan fingerprint density at radius 2 is 2.06 bits per heavy atom. The van der Waals surface area contributed by atoms with E-state index >= 15 is 0 Å². The van der Waals surface area contributed by atoms with Crippen molar-refractivity contribution >= 4 is 34.5 Å². The van der Waals surface area contributed by atoms with Gasteiger partial charge >= 0.3 is 0 Å². The monoisotopic (exact) mass is 272 g/mol. The fraction of sp³-hybridized carbons (Fsp3) is 0.273. The third kappa shape index (κ3) is 2.37. The molecule has 16 heavy (non-hydrogen) atoms. The van der Waals surface area contributed by atoms with E-state index in [2.05, 4.69) is 10.2 Å². The lowest BCUT2D eigenvalue weighted by Gasteiger charge is -2.01. The van der Waals surface area contributed by atoms with Crippen LogP contribution in [0.15, 0.2) is 18.2 Å². The smallest absolute Gasteiger partial charge is 0.142 e. The second-order valence-corrected chi connectivity index (χ2v) is 5.62. The molecule has 1 aromatic carbocycles. The van der Waals surface area contributed by atoms with Gasteiger partial charge in [0.05, 0.1) is 5.38 Å². The molecule has 0 spiro atoms. The molecule has 0 saturated heterocycles. The summed E-state index contributed by atoms with van der Waals surface area (Å²) >= 11 is 13.4. The summed E-state index contributed by atoms with van der Waals surface area (Å²) in [7, 11) is 0. The van der Waals surface area contributed by atoms with E-state index in [0.717, 1.165) is 21.1 Å². The highest BCUT2D eigenvalue weighted by Gasteiger charge is 2.12. The molecule has 0 amide bonds. The Kier molecular flexibility index (Phi) is 3.47. The maximum absolute atomic E-state index is 5.97. The summed E-state index contributed by atoms with van der Waals surface area (Å²) in [6.45, 7) is 3.91. The van der Waals surface area contributed by atoms with Gasteiger partial charge < -0.3 is 0 Å². The van der Waals surface area contributed by atoms with Crippen molar-refractivity contribution in [2.24, 2.45) is 0 Å². The van der Waals surface area contributed by atoms with Gasteiger partial charge in [-0.15, -0.1) is 21.8 Å². The van der Waals surface area contributed by atoms with Crippen LogP contribution in [0.1, 0.15) is 22.9 Å². The number of aryl methyl sites for hydroxylation is 1. The molecule has 84 valence electrons. The number of nitrogens with zero attached hydrogens (tertiary/aromatic N) is 2. The number of aromatic nitrogens is 2. The van der Waals surface area contributed by atoms with E-state index in [1.165, 1.54) is 11.3 Å². The molecule has 0 aliphatic rings. The molecule has 0 bridgehead atoms. The van der Waals surface area contributed by atoms with Crippen LogP contribution in [-0.4, -0.2) is 10.2 Å². The van der Waals surface area contributed by atoms with Crippen molar-refractivity contribution in [3.8, 4) is 10.6 Å². The Morgan fingerprint density at radius 3 is 2.69 bits per heavy atom. The summed E-state index contributed by atoms with van der Waals surface area (Å²) < 4.78 is 0. The fourth-order valence-electron chi connectivity index (χ4n) is 1.33. The van der Waals surface area contributed by atoms with Gasteiger partial charge in [0.1, 0.15) is 10.0 Å². The zero-order valence-corrected chi connectivity index (χ0v) is 11.2. The van der Waals surface area contributed by atoms with Crippen LogP contribution in [0.5, 0.6) is 0 Å². The van der Waals surface area contributed by atoms with E-state index in [-0.39, 0.29) is 5.38 Å². The van der Waals surface area contributed by atoms with Crippen LogP contribution in [-0.2, 0) is 0 Å². The van der Waals surface area contributed by atoms with Gasteiger partial charge in [0, 0.05) is 10.6 Å². The first kappa shape index (κ1) is 11.8. The lowest BCUT2D eigenvalue weighted by atomic mass is 10.1.